The molecule has 0 saturated heterocycles. The van der Waals surface area contributed by atoms with Gasteiger partial charge in [-0.05, 0) is 23.9 Å². The second kappa shape index (κ2) is 4.63. The lowest BCUT2D eigenvalue weighted by atomic mass is 10.4. The Balaban J connectivity index is 1.98. The van der Waals surface area contributed by atoms with Gasteiger partial charge in [0.25, 0.3) is 5.82 Å². The molecule has 0 aromatic carbocycles. The number of imidazole rings is 2. The zero-order chi connectivity index (χ0) is 13.4. The molecule has 8 nitrogen and oxygen atoms in total. The highest BCUT2D eigenvalue weighted by atomic mass is 32.2. The van der Waals surface area contributed by atoms with E-state index in [-0.39, 0.29) is 5.82 Å². The summed E-state index contributed by atoms with van der Waals surface area (Å²) < 4.78 is 1.65. The van der Waals surface area contributed by atoms with Crippen LogP contribution in [0.25, 0.3) is 11.2 Å². The second-order valence-corrected chi connectivity index (χ2v) is 4.81. The summed E-state index contributed by atoms with van der Waals surface area (Å²) in [5.41, 5.74) is 1.41. The van der Waals surface area contributed by atoms with Crippen LogP contribution in [0.3, 0.4) is 0 Å². The molecule has 0 aliphatic heterocycles. The number of fused-ring (bicyclic) bond motifs is 1. The monoisotopic (exact) mass is 278 g/mol. The molecule has 3 aromatic heterocycles. The number of nitrogens with one attached hydrogen (secondary N) is 2. The van der Waals surface area contributed by atoms with E-state index in [9.17, 15) is 5.21 Å². The molecule has 9 heteroatoms. The first-order valence-corrected chi connectivity index (χ1v) is 6.20. The first kappa shape index (κ1) is 12.1. The molecular weight excluding hydrogens is 268 g/mol. The maximum atomic E-state index is 11.1. The van der Waals surface area contributed by atoms with E-state index in [4.69, 9.17) is 5.21 Å². The molecule has 0 bridgehead atoms. The Kier molecular flexibility index (Phi) is 2.95. The van der Waals surface area contributed by atoms with Gasteiger partial charge in [0.05, 0.1) is 5.52 Å². The maximum Gasteiger partial charge on any atom is 0.291 e. The van der Waals surface area contributed by atoms with Gasteiger partial charge in [0.1, 0.15) is 6.33 Å². The maximum absolute atomic E-state index is 11.1. The van der Waals surface area contributed by atoms with Gasteiger partial charge in [-0.15, -0.1) is 0 Å². The smallest absolute Gasteiger partial charge is 0.291 e. The van der Waals surface area contributed by atoms with Crippen molar-refractivity contribution in [1.29, 1.82) is 0 Å². The number of rotatable bonds is 3. The molecule has 0 spiro atoms. The minimum absolute atomic E-state index is 0.0147. The van der Waals surface area contributed by atoms with E-state index < -0.39 is 5.23 Å². The van der Waals surface area contributed by atoms with E-state index in [0.717, 1.165) is 5.52 Å². The van der Waals surface area contributed by atoms with Gasteiger partial charge in [0, 0.05) is 13.2 Å². The minimum atomic E-state index is -1.06. The molecule has 3 aromatic rings. The molecule has 19 heavy (non-hydrogen) atoms. The van der Waals surface area contributed by atoms with Gasteiger partial charge in [-0.25, -0.2) is 15.2 Å². The van der Waals surface area contributed by atoms with Crippen LogP contribution in [0.2, 0.25) is 0 Å². The number of nitrogens with zero attached hydrogens (tertiary/aromatic N) is 4. The fourth-order valence-electron chi connectivity index (χ4n) is 1.65. The predicted octanol–water partition coefficient (Wildman–Crippen LogP) is 0.246. The zero-order valence-electron chi connectivity index (χ0n) is 9.86. The second-order valence-electron chi connectivity index (χ2n) is 3.83. The van der Waals surface area contributed by atoms with Gasteiger partial charge in [0.2, 0.25) is 0 Å². The van der Waals surface area contributed by atoms with E-state index >= 15 is 0 Å². The summed E-state index contributed by atoms with van der Waals surface area (Å²) in [6.45, 7) is 0. The van der Waals surface area contributed by atoms with Crippen LogP contribution in [-0.2, 0) is 7.05 Å². The normalized spacial score (nSPS) is 13.0. The largest absolute Gasteiger partial charge is 0.594 e. The summed E-state index contributed by atoms with van der Waals surface area (Å²) in [4.78, 5) is 15.3. The van der Waals surface area contributed by atoms with E-state index in [0.29, 0.717) is 15.8 Å². The van der Waals surface area contributed by atoms with Crippen LogP contribution in [0.5, 0.6) is 0 Å². The number of hydrogen-bond donors (Lipinski definition) is 3. The van der Waals surface area contributed by atoms with Crippen LogP contribution >= 0.6 is 11.8 Å². The van der Waals surface area contributed by atoms with E-state index in [1.165, 1.54) is 18.1 Å². The van der Waals surface area contributed by atoms with Crippen LogP contribution in [0.4, 0.5) is 5.82 Å². The van der Waals surface area contributed by atoms with Crippen molar-refractivity contribution in [3.05, 3.63) is 29.9 Å². The van der Waals surface area contributed by atoms with Crippen molar-refractivity contribution in [1.82, 2.24) is 24.5 Å². The Morgan fingerprint density at radius 3 is 3.05 bits per heavy atom. The standard InChI is InChI=1S/C10H10N6O2S/c1-15-5-12-8(16(17)18)9(15)19-10-13-6-3-2-4-11-7(6)14-10/h2-5,16-17H,1H3,(H,11,13,14). The number of aryl methyl sites for hydroxylation is 1. The summed E-state index contributed by atoms with van der Waals surface area (Å²) in [5, 5.41) is 20.2. The van der Waals surface area contributed by atoms with Crippen molar-refractivity contribution in [2.45, 2.75) is 10.2 Å². The van der Waals surface area contributed by atoms with Gasteiger partial charge < -0.3 is 14.8 Å². The molecule has 0 fully saturated rings. The molecule has 3 heterocycles. The first-order chi connectivity index (χ1) is 9.15. The van der Waals surface area contributed by atoms with E-state index in [1.54, 1.807) is 17.8 Å². The topological polar surface area (TPSA) is 107 Å². The Bertz CT molecular complexity index is 689. The number of hydrogen-bond acceptors (Lipinski definition) is 6. The molecule has 1 unspecified atom stereocenters. The summed E-state index contributed by atoms with van der Waals surface area (Å²) in [7, 11) is 1.74. The molecule has 98 valence electrons. The SMILES string of the molecule is Cn1cnc([NH+]([O-])O)c1Sc1nc2ncccc2[nH]1. The number of aromatic amines is 1. The van der Waals surface area contributed by atoms with E-state index in [1.807, 2.05) is 12.1 Å². The average molecular weight is 278 g/mol. The van der Waals surface area contributed by atoms with Crippen molar-refractivity contribution in [2.24, 2.45) is 7.05 Å². The van der Waals surface area contributed by atoms with Crippen LogP contribution in [0.15, 0.2) is 34.8 Å². The summed E-state index contributed by atoms with van der Waals surface area (Å²) in [6, 6.07) is 3.67. The van der Waals surface area contributed by atoms with Crippen LogP contribution in [0.1, 0.15) is 0 Å². The molecule has 0 saturated carbocycles. The van der Waals surface area contributed by atoms with E-state index in [2.05, 4.69) is 19.9 Å². The first-order valence-electron chi connectivity index (χ1n) is 5.38. The van der Waals surface area contributed by atoms with Gasteiger partial charge >= 0.3 is 0 Å². The van der Waals surface area contributed by atoms with Crippen molar-refractivity contribution >= 4 is 28.7 Å². The number of aromatic nitrogens is 5. The highest BCUT2D eigenvalue weighted by Gasteiger charge is 2.18. The molecule has 3 N–H and O–H groups in total. The lowest BCUT2D eigenvalue weighted by molar-refractivity contribution is -0.994. The van der Waals surface area contributed by atoms with Gasteiger partial charge in [-0.2, -0.15) is 10.2 Å². The zero-order valence-corrected chi connectivity index (χ0v) is 10.7. The summed E-state index contributed by atoms with van der Waals surface area (Å²) in [5.74, 6) is 0.0147. The molecule has 0 aliphatic carbocycles. The van der Waals surface area contributed by atoms with Gasteiger partial charge in [-0.3, -0.25) is 0 Å². The molecule has 1 atom stereocenters. The molecule has 0 radical (unpaired) electrons. The quantitative estimate of drug-likeness (QED) is 0.593. The Hall–Kier alpha value is -1.94. The highest BCUT2D eigenvalue weighted by Crippen LogP contribution is 2.29. The van der Waals surface area contributed by atoms with Crippen molar-refractivity contribution in [3.8, 4) is 0 Å². The number of pyridine rings is 1. The number of H-pyrrole nitrogens is 1. The predicted molar refractivity (Wildman–Crippen MR) is 67.0 cm³/mol. The summed E-state index contributed by atoms with van der Waals surface area (Å²) >= 11 is 1.21. The van der Waals surface area contributed by atoms with Crippen molar-refractivity contribution < 1.29 is 10.4 Å². The Labute approximate surface area is 111 Å². The molecule has 3 rings (SSSR count). The Morgan fingerprint density at radius 2 is 2.32 bits per heavy atom. The van der Waals surface area contributed by atoms with Gasteiger partial charge in [0.15, 0.2) is 15.8 Å². The van der Waals surface area contributed by atoms with Gasteiger partial charge in [-0.1, -0.05) is 0 Å². The molecule has 0 aliphatic rings. The minimum Gasteiger partial charge on any atom is -0.594 e. The molecular formula is C10H10N6O2S. The molecule has 0 amide bonds. The Morgan fingerprint density at radius 1 is 1.47 bits per heavy atom. The average Bonchev–Trinajstić information content (AvgIpc) is 2.94. The van der Waals surface area contributed by atoms with Crippen LogP contribution < -0.4 is 5.23 Å². The highest BCUT2D eigenvalue weighted by molar-refractivity contribution is 7.99. The lowest BCUT2D eigenvalue weighted by Crippen LogP contribution is -2.99. The fourth-order valence-corrected chi connectivity index (χ4v) is 2.55. The fraction of sp³-hybridized carbons (Fsp3) is 0.100. The summed E-state index contributed by atoms with van der Waals surface area (Å²) in [6.07, 6.45) is 3.12. The number of quaternary nitrogens is 1. The van der Waals surface area contributed by atoms with Crippen molar-refractivity contribution in [3.63, 3.8) is 0 Å². The van der Waals surface area contributed by atoms with Crippen LogP contribution in [0, 0.1) is 5.21 Å². The van der Waals surface area contributed by atoms with Crippen molar-refractivity contribution in [2.75, 3.05) is 0 Å². The third-order valence-electron chi connectivity index (χ3n) is 2.51. The third-order valence-corrected chi connectivity index (χ3v) is 3.58. The van der Waals surface area contributed by atoms with Crippen LogP contribution in [-0.4, -0.2) is 29.7 Å². The lowest BCUT2D eigenvalue weighted by Gasteiger charge is -2.09. The third kappa shape index (κ3) is 2.19.